The number of amides is 1. The van der Waals surface area contributed by atoms with Gasteiger partial charge in [-0.15, -0.1) is 0 Å². The molecule has 1 amide bonds. The van der Waals surface area contributed by atoms with Crippen molar-refractivity contribution in [2.75, 3.05) is 52.9 Å². The van der Waals surface area contributed by atoms with Crippen LogP contribution < -0.4 is 0 Å². The molecule has 2 aliphatic heterocycles. The van der Waals surface area contributed by atoms with Gasteiger partial charge in [-0.1, -0.05) is 41.5 Å². The SMILES string of the molecule is CC.CC.CC.CC(=O)C1CCC(C(=O)N2CCN(CC3CCN(C)C3)CC2)CC1. The molecule has 1 atom stereocenters. The molecule has 0 aromatic heterocycles. The van der Waals surface area contributed by atoms with Crippen LogP contribution in [0.1, 0.15) is 80.6 Å². The first kappa shape index (κ1) is 29.1. The molecule has 2 heterocycles. The van der Waals surface area contributed by atoms with Gasteiger partial charge in [0.2, 0.25) is 5.91 Å². The lowest BCUT2D eigenvalue weighted by Gasteiger charge is -2.38. The summed E-state index contributed by atoms with van der Waals surface area (Å²) in [5.74, 6) is 1.81. The third kappa shape index (κ3) is 9.47. The van der Waals surface area contributed by atoms with Crippen molar-refractivity contribution in [1.29, 1.82) is 0 Å². The summed E-state index contributed by atoms with van der Waals surface area (Å²) in [5, 5.41) is 0. The van der Waals surface area contributed by atoms with Crippen molar-refractivity contribution in [1.82, 2.24) is 14.7 Å². The van der Waals surface area contributed by atoms with E-state index in [9.17, 15) is 9.59 Å². The molecule has 0 radical (unpaired) electrons. The van der Waals surface area contributed by atoms with Gasteiger partial charge < -0.3 is 9.80 Å². The molecule has 0 spiro atoms. The van der Waals surface area contributed by atoms with Gasteiger partial charge in [0, 0.05) is 51.1 Å². The Morgan fingerprint density at radius 3 is 1.67 bits per heavy atom. The average Bonchev–Trinajstić information content (AvgIpc) is 3.22. The number of carbonyl (C=O) groups is 2. The van der Waals surface area contributed by atoms with Crippen LogP contribution in [0.3, 0.4) is 0 Å². The maximum atomic E-state index is 12.7. The topological polar surface area (TPSA) is 43.9 Å². The predicted octanol–water partition coefficient (Wildman–Crippen LogP) is 4.56. The smallest absolute Gasteiger partial charge is 0.225 e. The summed E-state index contributed by atoms with van der Waals surface area (Å²) >= 11 is 0. The third-order valence-electron chi connectivity index (χ3n) is 6.34. The Morgan fingerprint density at radius 1 is 0.733 bits per heavy atom. The lowest BCUT2D eigenvalue weighted by atomic mass is 9.79. The number of likely N-dealkylation sites (tertiary alicyclic amines) is 1. The number of Topliss-reactive ketones (excluding diaryl/α,β-unsaturated/α-hetero) is 1. The molecule has 3 rings (SSSR count). The zero-order chi connectivity index (χ0) is 23.1. The van der Waals surface area contributed by atoms with Gasteiger partial charge in [-0.05, 0) is 58.5 Å². The first-order valence-corrected chi connectivity index (χ1v) is 12.7. The molecule has 0 bridgehead atoms. The highest BCUT2D eigenvalue weighted by atomic mass is 16.2. The fraction of sp³-hybridized carbons (Fsp3) is 0.920. The molecule has 5 nitrogen and oxygen atoms in total. The van der Waals surface area contributed by atoms with Crippen molar-refractivity contribution in [2.45, 2.75) is 80.6 Å². The zero-order valence-corrected chi connectivity index (χ0v) is 21.4. The maximum absolute atomic E-state index is 12.7. The largest absolute Gasteiger partial charge is 0.340 e. The van der Waals surface area contributed by atoms with E-state index in [-0.39, 0.29) is 11.8 Å². The van der Waals surface area contributed by atoms with E-state index < -0.39 is 0 Å². The standard InChI is InChI=1S/C19H33N3O2.3C2H6/c1-15(23)17-3-5-18(6-4-17)19(24)22-11-9-21(10-12-22)14-16-7-8-20(2)13-16;3*1-2/h16-18H,3-14H2,1-2H3;3*1-2H3. The maximum Gasteiger partial charge on any atom is 0.225 e. The molecule has 2 saturated heterocycles. The van der Waals surface area contributed by atoms with Crippen molar-refractivity contribution >= 4 is 11.7 Å². The number of piperazine rings is 1. The van der Waals surface area contributed by atoms with E-state index in [0.29, 0.717) is 11.7 Å². The van der Waals surface area contributed by atoms with Gasteiger partial charge in [0.25, 0.3) is 0 Å². The van der Waals surface area contributed by atoms with Crippen molar-refractivity contribution in [3.63, 3.8) is 0 Å². The molecule has 0 N–H and O–H groups in total. The van der Waals surface area contributed by atoms with Crippen LogP contribution in [0.4, 0.5) is 0 Å². The molecule has 178 valence electrons. The Balaban J connectivity index is 0.00000129. The Bertz CT molecular complexity index is 453. The van der Waals surface area contributed by atoms with Gasteiger partial charge in [-0.2, -0.15) is 0 Å². The molecule has 3 aliphatic rings. The summed E-state index contributed by atoms with van der Waals surface area (Å²) in [6.45, 7) is 21.1. The van der Waals surface area contributed by atoms with Crippen LogP contribution in [-0.2, 0) is 9.59 Å². The minimum absolute atomic E-state index is 0.163. The first-order chi connectivity index (χ1) is 14.5. The van der Waals surface area contributed by atoms with Crippen molar-refractivity contribution in [3.8, 4) is 0 Å². The van der Waals surface area contributed by atoms with Crippen molar-refractivity contribution < 1.29 is 9.59 Å². The number of carbonyl (C=O) groups excluding carboxylic acids is 2. The second kappa shape index (κ2) is 16.7. The second-order valence-electron chi connectivity index (χ2n) is 8.20. The highest BCUT2D eigenvalue weighted by Crippen LogP contribution is 2.30. The Morgan fingerprint density at radius 2 is 1.23 bits per heavy atom. The van der Waals surface area contributed by atoms with E-state index in [4.69, 9.17) is 0 Å². The molecule has 30 heavy (non-hydrogen) atoms. The summed E-state index contributed by atoms with van der Waals surface area (Å²) in [6.07, 6.45) is 4.92. The number of rotatable bonds is 4. The van der Waals surface area contributed by atoms with Crippen molar-refractivity contribution in [2.24, 2.45) is 17.8 Å². The Hall–Kier alpha value is -0.940. The van der Waals surface area contributed by atoms with Gasteiger partial charge in [-0.25, -0.2) is 0 Å². The third-order valence-corrected chi connectivity index (χ3v) is 6.34. The Labute approximate surface area is 187 Å². The van der Waals surface area contributed by atoms with E-state index in [2.05, 4.69) is 21.7 Å². The summed E-state index contributed by atoms with van der Waals surface area (Å²) in [4.78, 5) is 31.3. The number of ketones is 1. The molecule has 5 heteroatoms. The van der Waals surface area contributed by atoms with Gasteiger partial charge in [0.1, 0.15) is 5.78 Å². The molecule has 0 aromatic carbocycles. The molecular formula is C25H51N3O2. The van der Waals surface area contributed by atoms with Crippen LogP contribution in [0.15, 0.2) is 0 Å². The molecule has 1 saturated carbocycles. The van der Waals surface area contributed by atoms with Crippen molar-refractivity contribution in [3.05, 3.63) is 0 Å². The van der Waals surface area contributed by atoms with Gasteiger partial charge in [-0.3, -0.25) is 14.5 Å². The molecule has 0 aromatic rings. The van der Waals surface area contributed by atoms with Crippen LogP contribution in [0.2, 0.25) is 0 Å². The van der Waals surface area contributed by atoms with E-state index in [1.54, 1.807) is 6.92 Å². The van der Waals surface area contributed by atoms with Crippen LogP contribution in [0.5, 0.6) is 0 Å². The molecule has 1 aliphatic carbocycles. The molecular weight excluding hydrogens is 374 g/mol. The summed E-state index contributed by atoms with van der Waals surface area (Å²) in [7, 11) is 2.21. The van der Waals surface area contributed by atoms with Gasteiger partial charge >= 0.3 is 0 Å². The quantitative estimate of drug-likeness (QED) is 0.662. The monoisotopic (exact) mass is 425 g/mol. The average molecular weight is 426 g/mol. The van der Waals surface area contributed by atoms with Gasteiger partial charge in [0.05, 0.1) is 0 Å². The second-order valence-corrected chi connectivity index (χ2v) is 8.20. The predicted molar refractivity (Wildman–Crippen MR) is 129 cm³/mol. The number of hydrogen-bond donors (Lipinski definition) is 0. The minimum Gasteiger partial charge on any atom is -0.340 e. The summed E-state index contributed by atoms with van der Waals surface area (Å²) < 4.78 is 0. The van der Waals surface area contributed by atoms with E-state index in [1.165, 1.54) is 26.1 Å². The van der Waals surface area contributed by atoms with Crippen LogP contribution in [0.25, 0.3) is 0 Å². The van der Waals surface area contributed by atoms with Crippen LogP contribution in [0, 0.1) is 17.8 Å². The fourth-order valence-corrected chi connectivity index (χ4v) is 4.70. The highest BCUT2D eigenvalue weighted by Gasteiger charge is 2.32. The lowest BCUT2D eigenvalue weighted by molar-refractivity contribution is -0.139. The van der Waals surface area contributed by atoms with Crippen LogP contribution >= 0.6 is 0 Å². The normalized spacial score (nSPS) is 26.9. The Kier molecular flexibility index (Phi) is 16.2. The zero-order valence-electron chi connectivity index (χ0n) is 21.4. The van der Waals surface area contributed by atoms with Crippen LogP contribution in [-0.4, -0.2) is 79.3 Å². The molecule has 3 fully saturated rings. The fourth-order valence-electron chi connectivity index (χ4n) is 4.70. The van der Waals surface area contributed by atoms with E-state index in [0.717, 1.165) is 57.8 Å². The minimum atomic E-state index is 0.163. The number of hydrogen-bond acceptors (Lipinski definition) is 4. The number of nitrogens with zero attached hydrogens (tertiary/aromatic N) is 3. The summed E-state index contributed by atoms with van der Waals surface area (Å²) in [6, 6.07) is 0. The highest BCUT2D eigenvalue weighted by molar-refractivity contribution is 5.81. The van der Waals surface area contributed by atoms with E-state index >= 15 is 0 Å². The van der Waals surface area contributed by atoms with Gasteiger partial charge in [0.15, 0.2) is 0 Å². The first-order valence-electron chi connectivity index (χ1n) is 12.7. The lowest BCUT2D eigenvalue weighted by Crippen LogP contribution is -2.51. The molecule has 1 unspecified atom stereocenters. The van der Waals surface area contributed by atoms with E-state index in [1.807, 2.05) is 41.5 Å². The summed E-state index contributed by atoms with van der Waals surface area (Å²) in [5.41, 5.74) is 0.